The quantitative estimate of drug-likeness (QED) is 0.348. The van der Waals surface area contributed by atoms with Crippen molar-refractivity contribution >= 4 is 11.9 Å². The van der Waals surface area contributed by atoms with Crippen molar-refractivity contribution < 1.29 is 55.7 Å². The molecule has 0 saturated heterocycles. The van der Waals surface area contributed by atoms with Crippen LogP contribution >= 0.6 is 0 Å². The van der Waals surface area contributed by atoms with Crippen molar-refractivity contribution in [1.82, 2.24) is 0 Å². The molecule has 1 radical (unpaired) electrons. The molecule has 0 rings (SSSR count). The first kappa shape index (κ1) is 22.5. The molecule has 0 aromatic carbocycles. The van der Waals surface area contributed by atoms with E-state index in [0.29, 0.717) is 0 Å². The van der Waals surface area contributed by atoms with Gasteiger partial charge in [0.1, 0.15) is 0 Å². The maximum absolute atomic E-state index is 8.89. The first-order valence-corrected chi connectivity index (χ1v) is 1.82. The Morgan fingerprint density at radius 2 is 1.00 bits per heavy atom. The average Bonchev–Trinajstić information content (AvgIpc) is 1.25. The Morgan fingerprint density at radius 3 is 1.00 bits per heavy atom. The molecule has 0 atom stereocenters. The molecule has 0 aliphatic rings. The third-order valence-corrected chi connectivity index (χ3v) is 0. The molecule has 0 aromatic heterocycles. The SMILES string of the molecule is CC(=O)[O-].CC(=O)[O-].[Li+].[Mn+2]. The van der Waals surface area contributed by atoms with Crippen LogP contribution in [-0.2, 0) is 26.7 Å². The monoisotopic (exact) mass is 180 g/mol. The van der Waals surface area contributed by atoms with Crippen molar-refractivity contribution in [3.8, 4) is 0 Å². The number of carbonyl (C=O) groups is 2. The molecule has 0 fully saturated rings. The van der Waals surface area contributed by atoms with Crippen molar-refractivity contribution in [3.05, 3.63) is 0 Å². The van der Waals surface area contributed by atoms with Gasteiger partial charge in [0.15, 0.2) is 0 Å². The van der Waals surface area contributed by atoms with E-state index in [1.807, 2.05) is 0 Å². The summed E-state index contributed by atoms with van der Waals surface area (Å²) in [5.41, 5.74) is 0. The van der Waals surface area contributed by atoms with Crippen molar-refractivity contribution in [2.75, 3.05) is 0 Å². The van der Waals surface area contributed by atoms with Gasteiger partial charge in [-0.1, -0.05) is 0 Å². The van der Waals surface area contributed by atoms with Gasteiger partial charge in [0, 0.05) is 11.9 Å². The number of carbonyl (C=O) groups excluding carboxylic acids is 2. The minimum atomic E-state index is -1.08. The third kappa shape index (κ3) is 124000. The van der Waals surface area contributed by atoms with Gasteiger partial charge < -0.3 is 19.8 Å². The van der Waals surface area contributed by atoms with E-state index >= 15 is 0 Å². The molecule has 0 aliphatic carbocycles. The summed E-state index contributed by atoms with van der Waals surface area (Å²) in [5, 5.41) is 17.8. The van der Waals surface area contributed by atoms with Crippen molar-refractivity contribution in [1.29, 1.82) is 0 Å². The van der Waals surface area contributed by atoms with Gasteiger partial charge in [0.25, 0.3) is 0 Å². The van der Waals surface area contributed by atoms with E-state index in [1.54, 1.807) is 0 Å². The molecule has 4 nitrogen and oxygen atoms in total. The second kappa shape index (κ2) is 16.0. The molecule has 0 unspecified atom stereocenters. The first-order valence-electron chi connectivity index (χ1n) is 1.82. The Bertz CT molecular complexity index is 75.3. The maximum atomic E-state index is 8.89. The minimum Gasteiger partial charge on any atom is -0.550 e. The molecule has 0 aromatic rings. The molecule has 0 amide bonds. The summed E-state index contributed by atoms with van der Waals surface area (Å²) in [6.07, 6.45) is 0. The smallest absolute Gasteiger partial charge is 0.550 e. The zero-order chi connectivity index (χ0) is 7.15. The Kier molecular flexibility index (Phi) is 36.0. The van der Waals surface area contributed by atoms with Gasteiger partial charge in [-0.3, -0.25) is 0 Å². The fourth-order valence-corrected chi connectivity index (χ4v) is 0. The van der Waals surface area contributed by atoms with Crippen LogP contribution < -0.4 is 29.1 Å². The molecule has 6 heteroatoms. The van der Waals surface area contributed by atoms with Crippen molar-refractivity contribution in [2.24, 2.45) is 0 Å². The fourth-order valence-electron chi connectivity index (χ4n) is 0. The molecule has 10 heavy (non-hydrogen) atoms. The zero-order valence-electron chi connectivity index (χ0n) is 6.01. The Hall–Kier alpha value is 0.0569. The van der Waals surface area contributed by atoms with Gasteiger partial charge in [-0.2, -0.15) is 0 Å². The van der Waals surface area contributed by atoms with Gasteiger partial charge in [0.05, 0.1) is 0 Å². The summed E-state index contributed by atoms with van der Waals surface area (Å²) >= 11 is 0. The molecule has 0 aliphatic heterocycles. The van der Waals surface area contributed by atoms with Crippen LogP contribution in [0.1, 0.15) is 13.8 Å². The predicted molar refractivity (Wildman–Crippen MR) is 21.4 cm³/mol. The summed E-state index contributed by atoms with van der Waals surface area (Å²) in [4.78, 5) is 17.8. The molecule has 0 bridgehead atoms. The minimum absolute atomic E-state index is 0. The summed E-state index contributed by atoms with van der Waals surface area (Å²) in [5.74, 6) is -2.17. The average molecular weight is 180 g/mol. The Balaban J connectivity index is -0.0000000300. The number of rotatable bonds is 0. The van der Waals surface area contributed by atoms with Crippen LogP contribution in [0, 0.1) is 0 Å². The van der Waals surface area contributed by atoms with Gasteiger partial charge in [0.2, 0.25) is 0 Å². The summed E-state index contributed by atoms with van der Waals surface area (Å²) in [6.45, 7) is 1.94. The maximum Gasteiger partial charge on any atom is 2.00 e. The largest absolute Gasteiger partial charge is 2.00 e. The van der Waals surface area contributed by atoms with Crippen LogP contribution in [0.2, 0.25) is 0 Å². The van der Waals surface area contributed by atoms with Crippen LogP contribution in [0.5, 0.6) is 0 Å². The number of hydrogen-bond acceptors (Lipinski definition) is 4. The summed E-state index contributed by atoms with van der Waals surface area (Å²) in [6, 6.07) is 0. The van der Waals surface area contributed by atoms with Crippen LogP contribution in [0.4, 0.5) is 0 Å². The molecule has 0 spiro atoms. The van der Waals surface area contributed by atoms with Gasteiger partial charge >= 0.3 is 35.9 Å². The number of carboxylic acid groups (broad SMARTS) is 2. The predicted octanol–water partition coefficient (Wildman–Crippen LogP) is -5.49. The molecular formula is C4H6LiMnO4+. The third-order valence-electron chi connectivity index (χ3n) is 0. The number of carboxylic acids is 2. The van der Waals surface area contributed by atoms with E-state index < -0.39 is 11.9 Å². The normalized spacial score (nSPS) is 5.00. The Morgan fingerprint density at radius 1 is 1.00 bits per heavy atom. The second-order valence-electron chi connectivity index (χ2n) is 0.983. The van der Waals surface area contributed by atoms with Crippen LogP contribution in [0.25, 0.3) is 0 Å². The van der Waals surface area contributed by atoms with Gasteiger partial charge in [-0.05, 0) is 13.8 Å². The second-order valence-corrected chi connectivity index (χ2v) is 0.983. The standard InChI is InChI=1S/2C2H4O2.Li.Mn/c2*1-2(3)4;;/h2*1H3,(H,3,4);;/q;;+1;+2/p-2. The van der Waals surface area contributed by atoms with Crippen LogP contribution in [-0.4, -0.2) is 11.9 Å². The van der Waals surface area contributed by atoms with E-state index in [9.17, 15) is 0 Å². The van der Waals surface area contributed by atoms with Crippen LogP contribution in [0.15, 0.2) is 0 Å². The number of aliphatic carboxylic acids is 2. The van der Waals surface area contributed by atoms with Gasteiger partial charge in [-0.15, -0.1) is 0 Å². The topological polar surface area (TPSA) is 80.3 Å². The van der Waals surface area contributed by atoms with E-state index in [0.717, 1.165) is 13.8 Å². The van der Waals surface area contributed by atoms with E-state index in [4.69, 9.17) is 19.8 Å². The number of hydrogen-bond donors (Lipinski definition) is 0. The van der Waals surface area contributed by atoms with Gasteiger partial charge in [-0.25, -0.2) is 0 Å². The first-order chi connectivity index (χ1) is 3.46. The molecule has 0 heterocycles. The van der Waals surface area contributed by atoms with E-state index in [-0.39, 0.29) is 35.9 Å². The van der Waals surface area contributed by atoms with E-state index in [2.05, 4.69) is 0 Å². The molecular weight excluding hydrogens is 174 g/mol. The van der Waals surface area contributed by atoms with Crippen molar-refractivity contribution in [3.63, 3.8) is 0 Å². The molecule has 0 N–H and O–H groups in total. The summed E-state index contributed by atoms with van der Waals surface area (Å²) < 4.78 is 0. The fraction of sp³-hybridized carbons (Fsp3) is 0.500. The van der Waals surface area contributed by atoms with Crippen LogP contribution in [0.3, 0.4) is 0 Å². The summed E-state index contributed by atoms with van der Waals surface area (Å²) in [7, 11) is 0. The Labute approximate surface area is 81.6 Å². The van der Waals surface area contributed by atoms with Crippen molar-refractivity contribution in [2.45, 2.75) is 13.8 Å². The van der Waals surface area contributed by atoms with E-state index in [1.165, 1.54) is 0 Å². The zero-order valence-corrected chi connectivity index (χ0v) is 7.19. The molecule has 0 saturated carbocycles. The molecule has 53 valence electrons.